The van der Waals surface area contributed by atoms with Crippen LogP contribution >= 0.6 is 11.6 Å². The third-order valence-corrected chi connectivity index (χ3v) is 4.44. The summed E-state index contributed by atoms with van der Waals surface area (Å²) in [6.07, 6.45) is -0.422. The largest absolute Gasteiger partial charge is 0.463 e. The number of halogens is 1. The molecule has 0 N–H and O–H groups in total. The molecule has 1 fully saturated rings. The monoisotopic (exact) mass is 384 g/mol. The van der Waals surface area contributed by atoms with Crippen LogP contribution in [-0.4, -0.2) is 40.3 Å². The van der Waals surface area contributed by atoms with Crippen molar-refractivity contribution in [1.29, 1.82) is 0 Å². The lowest BCUT2D eigenvalue weighted by Gasteiger charge is -2.17. The zero-order valence-electron chi connectivity index (χ0n) is 14.4. The third kappa shape index (κ3) is 3.58. The summed E-state index contributed by atoms with van der Waals surface area (Å²) < 4.78 is 22.6. The molecule has 3 rings (SSSR count). The highest BCUT2D eigenvalue weighted by Crippen LogP contribution is 2.33. The van der Waals surface area contributed by atoms with Crippen LogP contribution in [0.1, 0.15) is 32.3 Å². The average molecular weight is 385 g/mol. The van der Waals surface area contributed by atoms with Gasteiger partial charge in [-0.1, -0.05) is 11.6 Å². The Morgan fingerprint density at radius 2 is 2.12 bits per heavy atom. The van der Waals surface area contributed by atoms with Gasteiger partial charge in [0.1, 0.15) is 30.8 Å². The van der Waals surface area contributed by atoms with Crippen molar-refractivity contribution >= 4 is 34.6 Å². The van der Waals surface area contributed by atoms with Gasteiger partial charge in [-0.2, -0.15) is 4.98 Å². The minimum absolute atomic E-state index is 0.0974. The van der Waals surface area contributed by atoms with E-state index in [1.807, 2.05) is 0 Å². The molecule has 1 aliphatic rings. The van der Waals surface area contributed by atoms with E-state index < -0.39 is 36.1 Å². The molecule has 0 unspecified atom stereocenters. The van der Waals surface area contributed by atoms with Gasteiger partial charge in [0.05, 0.1) is 10.4 Å². The first-order valence-electron chi connectivity index (χ1n) is 7.90. The number of aryl methyl sites for hydroxylation is 1. The van der Waals surface area contributed by atoms with Crippen LogP contribution in [0.5, 0.6) is 0 Å². The number of hydrogen-bond donors (Lipinski definition) is 0. The molecule has 10 heteroatoms. The molecule has 2 aromatic heterocycles. The summed E-state index contributed by atoms with van der Waals surface area (Å²) >= 11 is 6.17. The zero-order valence-corrected chi connectivity index (χ0v) is 15.1. The summed E-state index contributed by atoms with van der Waals surface area (Å²) in [6, 6.07) is 0. The van der Waals surface area contributed by atoms with E-state index in [4.69, 9.17) is 30.2 Å². The Labute approximate surface area is 152 Å². The number of nitrogens with zero attached hydrogens (tertiary/aromatic N) is 2. The van der Waals surface area contributed by atoms with Crippen LogP contribution in [0.25, 0.3) is 11.1 Å². The average Bonchev–Trinajstić information content (AvgIpc) is 3.05. The Hall–Kier alpha value is -2.39. The van der Waals surface area contributed by atoms with E-state index in [0.29, 0.717) is 16.2 Å². The van der Waals surface area contributed by atoms with Gasteiger partial charge in [-0.05, 0) is 6.92 Å². The van der Waals surface area contributed by atoms with Gasteiger partial charge in [0.15, 0.2) is 0 Å². The maximum Gasteiger partial charge on any atom is 0.353 e. The molecule has 1 aliphatic heterocycles. The standard InChI is InChI=1S/C16H17ClN2O7/c1-7-14(17)10-5-19(16(22)18-15(10)24-7)13-4-11(25-9(3)21)12(26-13)6-23-8(2)20/h5,11-13H,4,6H2,1-3H3/t11-,12+,13+/m0/s1. The molecule has 3 atom stereocenters. The lowest BCUT2D eigenvalue weighted by atomic mass is 10.2. The minimum Gasteiger partial charge on any atom is -0.463 e. The fraction of sp³-hybridized carbons (Fsp3) is 0.500. The van der Waals surface area contributed by atoms with Crippen LogP contribution in [0.3, 0.4) is 0 Å². The Kier molecular flexibility index (Phi) is 5.01. The zero-order chi connectivity index (χ0) is 19.0. The molecule has 0 aromatic carbocycles. The van der Waals surface area contributed by atoms with E-state index in [9.17, 15) is 14.4 Å². The molecule has 140 valence electrons. The predicted octanol–water partition coefficient (Wildman–Crippen LogP) is 1.73. The number of carbonyl (C=O) groups excluding carboxylic acids is 2. The Bertz CT molecular complexity index is 919. The van der Waals surface area contributed by atoms with Crippen molar-refractivity contribution in [3.05, 3.63) is 27.5 Å². The molecule has 2 aromatic rings. The van der Waals surface area contributed by atoms with E-state index in [0.717, 1.165) is 0 Å². The van der Waals surface area contributed by atoms with Crippen molar-refractivity contribution in [3.63, 3.8) is 0 Å². The fourth-order valence-corrected chi connectivity index (χ4v) is 2.99. The first kappa shape index (κ1) is 18.4. The van der Waals surface area contributed by atoms with Gasteiger partial charge < -0.3 is 18.6 Å². The van der Waals surface area contributed by atoms with Gasteiger partial charge in [0, 0.05) is 26.5 Å². The Morgan fingerprint density at radius 3 is 2.77 bits per heavy atom. The van der Waals surface area contributed by atoms with E-state index >= 15 is 0 Å². The summed E-state index contributed by atoms with van der Waals surface area (Å²) in [5.41, 5.74) is -0.456. The highest BCUT2D eigenvalue weighted by Gasteiger charge is 2.40. The van der Waals surface area contributed by atoms with Crippen LogP contribution in [0, 0.1) is 6.92 Å². The van der Waals surface area contributed by atoms with Crippen LogP contribution in [0.2, 0.25) is 5.02 Å². The molecule has 0 amide bonds. The lowest BCUT2D eigenvalue weighted by molar-refractivity contribution is -0.155. The maximum absolute atomic E-state index is 12.3. The molecule has 0 aliphatic carbocycles. The SMILES string of the molecule is CC(=O)OC[C@H]1O[C@@H](n2cc3c(Cl)c(C)oc3nc2=O)C[C@@H]1OC(C)=O. The normalized spacial score (nSPS) is 22.5. The van der Waals surface area contributed by atoms with Crippen LogP contribution in [0.15, 0.2) is 15.4 Å². The van der Waals surface area contributed by atoms with E-state index in [-0.39, 0.29) is 18.7 Å². The summed E-state index contributed by atoms with van der Waals surface area (Å²) in [5.74, 6) is -0.537. The molecule has 1 saturated heterocycles. The molecule has 0 saturated carbocycles. The first-order chi connectivity index (χ1) is 12.3. The van der Waals surface area contributed by atoms with E-state index in [1.54, 1.807) is 6.92 Å². The van der Waals surface area contributed by atoms with Gasteiger partial charge in [-0.25, -0.2) is 4.79 Å². The van der Waals surface area contributed by atoms with Gasteiger partial charge >= 0.3 is 17.6 Å². The molecular formula is C16H17ClN2O7. The summed E-state index contributed by atoms with van der Waals surface area (Å²) in [4.78, 5) is 38.6. The number of carbonyl (C=O) groups is 2. The van der Waals surface area contributed by atoms with Crippen molar-refractivity contribution in [2.24, 2.45) is 0 Å². The van der Waals surface area contributed by atoms with E-state index in [1.165, 1.54) is 24.6 Å². The highest BCUT2D eigenvalue weighted by molar-refractivity contribution is 6.35. The number of furan rings is 1. The summed E-state index contributed by atoms with van der Waals surface area (Å²) in [5, 5.41) is 0.826. The topological polar surface area (TPSA) is 110 Å². The van der Waals surface area contributed by atoms with Crippen LogP contribution in [-0.2, 0) is 23.8 Å². The number of hydrogen-bond acceptors (Lipinski definition) is 8. The smallest absolute Gasteiger partial charge is 0.353 e. The van der Waals surface area contributed by atoms with Crippen molar-refractivity contribution < 1.29 is 28.2 Å². The van der Waals surface area contributed by atoms with Crippen molar-refractivity contribution in [2.75, 3.05) is 6.61 Å². The van der Waals surface area contributed by atoms with Crippen molar-refractivity contribution in [1.82, 2.24) is 9.55 Å². The van der Waals surface area contributed by atoms with Crippen LogP contribution < -0.4 is 5.69 Å². The van der Waals surface area contributed by atoms with Crippen molar-refractivity contribution in [2.45, 2.75) is 45.6 Å². The van der Waals surface area contributed by atoms with Gasteiger partial charge in [0.25, 0.3) is 0 Å². The highest BCUT2D eigenvalue weighted by atomic mass is 35.5. The van der Waals surface area contributed by atoms with Crippen LogP contribution in [0.4, 0.5) is 0 Å². The van der Waals surface area contributed by atoms with Crippen molar-refractivity contribution in [3.8, 4) is 0 Å². The second-order valence-corrected chi connectivity index (χ2v) is 6.32. The molecule has 26 heavy (non-hydrogen) atoms. The predicted molar refractivity (Wildman–Crippen MR) is 88.7 cm³/mol. The first-order valence-corrected chi connectivity index (χ1v) is 8.28. The number of fused-ring (bicyclic) bond motifs is 1. The summed E-state index contributed by atoms with van der Waals surface area (Å²) in [7, 11) is 0. The third-order valence-electron chi connectivity index (χ3n) is 3.97. The molecular weight excluding hydrogens is 368 g/mol. The van der Waals surface area contributed by atoms with Gasteiger partial charge in [0.2, 0.25) is 5.71 Å². The Balaban J connectivity index is 1.91. The number of esters is 2. The molecule has 0 radical (unpaired) electrons. The second kappa shape index (κ2) is 7.08. The summed E-state index contributed by atoms with van der Waals surface area (Å²) in [6.45, 7) is 4.10. The van der Waals surface area contributed by atoms with E-state index in [2.05, 4.69) is 4.98 Å². The molecule has 9 nitrogen and oxygen atoms in total. The molecule has 0 spiro atoms. The number of ether oxygens (including phenoxy) is 3. The maximum atomic E-state index is 12.3. The quantitative estimate of drug-likeness (QED) is 0.733. The lowest BCUT2D eigenvalue weighted by Crippen LogP contribution is -2.31. The number of aromatic nitrogens is 2. The van der Waals surface area contributed by atoms with Gasteiger partial charge in [-0.3, -0.25) is 14.2 Å². The molecule has 0 bridgehead atoms. The Morgan fingerprint density at radius 1 is 1.38 bits per heavy atom. The number of rotatable bonds is 4. The molecule has 3 heterocycles. The second-order valence-electron chi connectivity index (χ2n) is 5.94. The van der Waals surface area contributed by atoms with Gasteiger partial charge in [-0.15, -0.1) is 0 Å². The minimum atomic E-state index is -0.754. The fourth-order valence-electron chi connectivity index (χ4n) is 2.83.